The van der Waals surface area contributed by atoms with Gasteiger partial charge in [-0.1, -0.05) is 0 Å². The summed E-state index contributed by atoms with van der Waals surface area (Å²) in [5.41, 5.74) is 1.26. The summed E-state index contributed by atoms with van der Waals surface area (Å²) in [6, 6.07) is 7.90. The first kappa shape index (κ1) is 14.7. The van der Waals surface area contributed by atoms with Crippen LogP contribution in [0.4, 0.5) is 5.82 Å². The van der Waals surface area contributed by atoms with Crippen LogP contribution in [-0.4, -0.2) is 61.3 Å². The Morgan fingerprint density at radius 2 is 2.36 bits per heavy atom. The first-order chi connectivity index (χ1) is 10.7. The van der Waals surface area contributed by atoms with E-state index in [4.69, 9.17) is 4.74 Å². The number of ether oxygens (including phenoxy) is 1. The van der Waals surface area contributed by atoms with Crippen molar-refractivity contribution in [2.75, 3.05) is 45.2 Å². The molecule has 0 radical (unpaired) electrons. The molecule has 1 atom stereocenters. The second-order valence-corrected chi connectivity index (χ2v) is 5.72. The second kappa shape index (κ2) is 6.26. The van der Waals surface area contributed by atoms with E-state index >= 15 is 0 Å². The van der Waals surface area contributed by atoms with E-state index in [1.54, 1.807) is 6.20 Å². The Morgan fingerprint density at radius 3 is 3.14 bits per heavy atom. The molecule has 0 bridgehead atoms. The van der Waals surface area contributed by atoms with Gasteiger partial charge < -0.3 is 14.5 Å². The minimum Gasteiger partial charge on any atom is -0.373 e. The zero-order chi connectivity index (χ0) is 15.5. The molecule has 3 heterocycles. The average molecular weight is 297 g/mol. The zero-order valence-corrected chi connectivity index (χ0v) is 12.9. The maximum atomic E-state index is 9.44. The van der Waals surface area contributed by atoms with E-state index in [9.17, 15) is 5.26 Å². The van der Waals surface area contributed by atoms with Crippen molar-refractivity contribution in [1.82, 2.24) is 14.9 Å². The molecule has 22 heavy (non-hydrogen) atoms. The summed E-state index contributed by atoms with van der Waals surface area (Å²) in [7, 11) is 4.06. The number of nitrogens with zero attached hydrogens (tertiary/aromatic N) is 5. The molecular formula is C16H19N5O. The van der Waals surface area contributed by atoms with E-state index in [0.29, 0.717) is 23.6 Å². The number of hydrogen-bond acceptors (Lipinski definition) is 6. The molecule has 0 amide bonds. The monoisotopic (exact) mass is 297 g/mol. The molecule has 1 saturated heterocycles. The van der Waals surface area contributed by atoms with Crippen LogP contribution in [0.25, 0.3) is 11.0 Å². The summed E-state index contributed by atoms with van der Waals surface area (Å²) in [6.45, 7) is 2.97. The third kappa shape index (κ3) is 3.01. The summed E-state index contributed by atoms with van der Waals surface area (Å²) in [5, 5.41) is 10.3. The van der Waals surface area contributed by atoms with Gasteiger partial charge in [-0.25, -0.2) is 9.97 Å². The lowest BCUT2D eigenvalue weighted by atomic mass is 10.1. The molecule has 1 fully saturated rings. The number of morpholine rings is 1. The fraction of sp³-hybridized carbons (Fsp3) is 0.438. The Labute approximate surface area is 129 Å². The molecule has 3 rings (SSSR count). The van der Waals surface area contributed by atoms with Gasteiger partial charge in [0, 0.05) is 31.2 Å². The number of nitriles is 1. The lowest BCUT2D eigenvalue weighted by Crippen LogP contribution is -2.47. The molecule has 0 N–H and O–H groups in total. The summed E-state index contributed by atoms with van der Waals surface area (Å²) in [5.74, 6) is 0.709. The third-order valence-corrected chi connectivity index (χ3v) is 3.70. The van der Waals surface area contributed by atoms with Gasteiger partial charge in [0.05, 0.1) is 18.3 Å². The van der Waals surface area contributed by atoms with Crippen LogP contribution in [0.2, 0.25) is 0 Å². The van der Waals surface area contributed by atoms with Gasteiger partial charge in [0.25, 0.3) is 0 Å². The molecule has 0 aromatic carbocycles. The number of fused-ring (bicyclic) bond motifs is 1. The van der Waals surface area contributed by atoms with Gasteiger partial charge in [0.1, 0.15) is 11.9 Å². The third-order valence-electron chi connectivity index (χ3n) is 3.70. The molecule has 2 aromatic heterocycles. The van der Waals surface area contributed by atoms with Crippen LogP contribution in [0.3, 0.4) is 0 Å². The van der Waals surface area contributed by atoms with Gasteiger partial charge in [-0.3, -0.25) is 0 Å². The van der Waals surface area contributed by atoms with Crippen LogP contribution < -0.4 is 4.90 Å². The van der Waals surface area contributed by atoms with E-state index in [1.807, 2.05) is 32.3 Å². The zero-order valence-electron chi connectivity index (χ0n) is 12.9. The standard InChI is InChI=1S/C16H19N5O/c1-20(2)10-14-11-21(6-7-22-14)16-13(9-17)8-12-4-3-5-18-15(12)19-16/h3-5,8,14H,6-7,10-11H2,1-2H3. The van der Waals surface area contributed by atoms with E-state index in [-0.39, 0.29) is 6.10 Å². The normalized spacial score (nSPS) is 18.6. The Morgan fingerprint density at radius 1 is 1.50 bits per heavy atom. The topological polar surface area (TPSA) is 65.3 Å². The van der Waals surface area contributed by atoms with E-state index in [1.165, 1.54) is 0 Å². The van der Waals surface area contributed by atoms with Crippen LogP contribution in [0.15, 0.2) is 24.4 Å². The van der Waals surface area contributed by atoms with Crippen molar-refractivity contribution in [1.29, 1.82) is 5.26 Å². The summed E-state index contributed by atoms with van der Waals surface area (Å²) >= 11 is 0. The van der Waals surface area contributed by atoms with Crippen LogP contribution in [0.5, 0.6) is 0 Å². The highest BCUT2D eigenvalue weighted by molar-refractivity contribution is 5.79. The maximum absolute atomic E-state index is 9.44. The highest BCUT2D eigenvalue weighted by atomic mass is 16.5. The smallest absolute Gasteiger partial charge is 0.161 e. The molecule has 1 unspecified atom stereocenters. The number of aromatic nitrogens is 2. The molecule has 0 saturated carbocycles. The van der Waals surface area contributed by atoms with Crippen LogP contribution in [0.1, 0.15) is 5.56 Å². The minimum absolute atomic E-state index is 0.122. The van der Waals surface area contributed by atoms with Crippen LogP contribution in [0, 0.1) is 11.3 Å². The molecule has 6 nitrogen and oxygen atoms in total. The molecule has 2 aromatic rings. The van der Waals surface area contributed by atoms with Crippen molar-refractivity contribution in [3.63, 3.8) is 0 Å². The summed E-state index contributed by atoms with van der Waals surface area (Å²) in [6.07, 6.45) is 1.84. The minimum atomic E-state index is 0.122. The Bertz CT molecular complexity index is 709. The van der Waals surface area contributed by atoms with E-state index in [0.717, 1.165) is 25.0 Å². The average Bonchev–Trinajstić information content (AvgIpc) is 2.53. The van der Waals surface area contributed by atoms with Crippen molar-refractivity contribution in [2.24, 2.45) is 0 Å². The van der Waals surface area contributed by atoms with Crippen molar-refractivity contribution in [3.8, 4) is 6.07 Å². The number of hydrogen-bond donors (Lipinski definition) is 0. The van der Waals surface area contributed by atoms with Gasteiger partial charge in [-0.2, -0.15) is 5.26 Å². The van der Waals surface area contributed by atoms with Crippen LogP contribution >= 0.6 is 0 Å². The Kier molecular flexibility index (Phi) is 4.18. The van der Waals surface area contributed by atoms with Gasteiger partial charge >= 0.3 is 0 Å². The molecule has 1 aliphatic heterocycles. The molecule has 0 spiro atoms. The van der Waals surface area contributed by atoms with E-state index in [2.05, 4.69) is 25.8 Å². The summed E-state index contributed by atoms with van der Waals surface area (Å²) < 4.78 is 5.79. The lowest BCUT2D eigenvalue weighted by Gasteiger charge is -2.35. The largest absolute Gasteiger partial charge is 0.373 e. The van der Waals surface area contributed by atoms with Crippen molar-refractivity contribution in [3.05, 3.63) is 30.0 Å². The molecule has 6 heteroatoms. The summed E-state index contributed by atoms with van der Waals surface area (Å²) in [4.78, 5) is 13.1. The number of anilines is 1. The van der Waals surface area contributed by atoms with Crippen molar-refractivity contribution < 1.29 is 4.74 Å². The molecule has 0 aliphatic carbocycles. The number of rotatable bonds is 3. The molecular weight excluding hydrogens is 278 g/mol. The maximum Gasteiger partial charge on any atom is 0.161 e. The number of likely N-dealkylation sites (N-methyl/N-ethyl adjacent to an activating group) is 1. The Hall–Kier alpha value is -2.23. The fourth-order valence-corrected chi connectivity index (χ4v) is 2.75. The van der Waals surface area contributed by atoms with Gasteiger partial charge in [0.15, 0.2) is 5.65 Å². The van der Waals surface area contributed by atoms with Crippen LogP contribution in [-0.2, 0) is 4.74 Å². The van der Waals surface area contributed by atoms with Gasteiger partial charge in [-0.05, 0) is 32.3 Å². The first-order valence-corrected chi connectivity index (χ1v) is 7.34. The SMILES string of the molecule is CN(C)CC1CN(c2nc3ncccc3cc2C#N)CCO1. The quantitative estimate of drug-likeness (QED) is 0.850. The number of pyridine rings is 2. The first-order valence-electron chi connectivity index (χ1n) is 7.34. The van der Waals surface area contributed by atoms with E-state index < -0.39 is 0 Å². The highest BCUT2D eigenvalue weighted by Gasteiger charge is 2.24. The van der Waals surface area contributed by atoms with Gasteiger partial charge in [-0.15, -0.1) is 0 Å². The van der Waals surface area contributed by atoms with Gasteiger partial charge in [0.2, 0.25) is 0 Å². The fourth-order valence-electron chi connectivity index (χ4n) is 2.75. The highest BCUT2D eigenvalue weighted by Crippen LogP contribution is 2.23. The predicted molar refractivity (Wildman–Crippen MR) is 84.8 cm³/mol. The lowest BCUT2D eigenvalue weighted by molar-refractivity contribution is 0.0245. The Balaban J connectivity index is 1.93. The second-order valence-electron chi connectivity index (χ2n) is 5.72. The van der Waals surface area contributed by atoms with Crippen molar-refractivity contribution >= 4 is 16.9 Å². The predicted octanol–water partition coefficient (Wildman–Crippen LogP) is 1.27. The molecule has 114 valence electrons. The molecule has 1 aliphatic rings. The van der Waals surface area contributed by atoms with Crippen molar-refractivity contribution in [2.45, 2.75) is 6.10 Å².